The molecule has 0 aromatic heterocycles. The van der Waals surface area contributed by atoms with Crippen molar-refractivity contribution in [3.8, 4) is 5.75 Å². The summed E-state index contributed by atoms with van der Waals surface area (Å²) in [5.74, 6) is 0.637. The number of rotatable bonds is 6. The molecule has 0 radical (unpaired) electrons. The second kappa shape index (κ2) is 10.5. The van der Waals surface area contributed by atoms with E-state index in [1.807, 2.05) is 30.1 Å². The van der Waals surface area contributed by atoms with E-state index < -0.39 is 11.7 Å². The van der Waals surface area contributed by atoms with Crippen molar-refractivity contribution in [2.45, 2.75) is 32.0 Å². The number of fused-ring (bicyclic) bond motifs is 1. The van der Waals surface area contributed by atoms with Crippen molar-refractivity contribution in [2.24, 2.45) is 5.16 Å². The molecule has 0 N–H and O–H groups in total. The fourth-order valence-corrected chi connectivity index (χ4v) is 4.09. The topological polar surface area (TPSA) is 54.4 Å². The Labute approximate surface area is 196 Å². The zero-order valence-corrected chi connectivity index (χ0v) is 19.1. The largest absolute Gasteiger partial charge is 0.484 e. The van der Waals surface area contributed by atoms with E-state index in [2.05, 4.69) is 10.1 Å². The Balaban J connectivity index is 1.33. The van der Waals surface area contributed by atoms with E-state index in [1.54, 1.807) is 0 Å². The normalized spacial score (nSPS) is 18.0. The van der Waals surface area contributed by atoms with Gasteiger partial charge in [0.05, 0.1) is 11.3 Å². The van der Waals surface area contributed by atoms with Crippen LogP contribution in [0.3, 0.4) is 0 Å². The van der Waals surface area contributed by atoms with E-state index in [1.165, 1.54) is 12.1 Å². The summed E-state index contributed by atoms with van der Waals surface area (Å²) in [6.45, 7) is 3.28. The van der Waals surface area contributed by atoms with Crippen molar-refractivity contribution >= 4 is 11.6 Å². The maximum absolute atomic E-state index is 12.7. The number of aryl methyl sites for hydroxylation is 1. The molecule has 1 amide bonds. The molecule has 4 rings (SSSR count). The molecule has 2 aromatic carbocycles. The van der Waals surface area contributed by atoms with Gasteiger partial charge in [0.2, 0.25) is 0 Å². The third-order valence-electron chi connectivity index (χ3n) is 6.15. The average Bonchev–Trinajstić information content (AvgIpc) is 2.82. The number of alkyl halides is 3. The number of hydrogen-bond acceptors (Lipinski definition) is 5. The Bertz CT molecular complexity index is 1030. The Morgan fingerprint density at radius 2 is 1.76 bits per heavy atom. The highest BCUT2D eigenvalue weighted by atomic mass is 19.4. The van der Waals surface area contributed by atoms with Gasteiger partial charge in [0.1, 0.15) is 12.4 Å². The Morgan fingerprint density at radius 1 is 1.03 bits per heavy atom. The number of benzene rings is 2. The number of carbonyl (C=O) groups is 1. The third kappa shape index (κ3) is 6.08. The number of halogens is 3. The molecule has 34 heavy (non-hydrogen) atoms. The molecule has 182 valence electrons. The van der Waals surface area contributed by atoms with E-state index in [0.29, 0.717) is 11.3 Å². The van der Waals surface area contributed by atoms with Gasteiger partial charge in [-0.15, -0.1) is 0 Å². The van der Waals surface area contributed by atoms with Crippen molar-refractivity contribution in [2.75, 3.05) is 39.8 Å². The smallest absolute Gasteiger partial charge is 0.416 e. The third-order valence-corrected chi connectivity index (χ3v) is 6.15. The van der Waals surface area contributed by atoms with Crippen molar-refractivity contribution in [1.29, 1.82) is 0 Å². The van der Waals surface area contributed by atoms with Gasteiger partial charge in [0, 0.05) is 31.7 Å². The second-order valence-electron chi connectivity index (χ2n) is 8.65. The zero-order chi connectivity index (χ0) is 24.1. The molecule has 0 bridgehead atoms. The first kappa shape index (κ1) is 24.1. The van der Waals surface area contributed by atoms with Crippen LogP contribution in [0.2, 0.25) is 0 Å². The molecule has 9 heteroatoms. The number of amides is 1. The molecule has 0 spiro atoms. The number of carbonyl (C=O) groups excluding carboxylic acids is 1. The lowest BCUT2D eigenvalue weighted by Gasteiger charge is -2.32. The fourth-order valence-electron chi connectivity index (χ4n) is 4.09. The molecule has 1 saturated heterocycles. The Morgan fingerprint density at radius 3 is 2.47 bits per heavy atom. The summed E-state index contributed by atoms with van der Waals surface area (Å²) in [5.41, 5.74) is 2.77. The summed E-state index contributed by atoms with van der Waals surface area (Å²) in [7, 11) is 2.04. The van der Waals surface area contributed by atoms with Gasteiger partial charge < -0.3 is 19.4 Å². The zero-order valence-electron chi connectivity index (χ0n) is 19.1. The lowest BCUT2D eigenvalue weighted by atomic mass is 9.90. The van der Waals surface area contributed by atoms with Gasteiger partial charge in [-0.25, -0.2) is 0 Å². The van der Waals surface area contributed by atoms with E-state index in [-0.39, 0.29) is 19.1 Å². The summed E-state index contributed by atoms with van der Waals surface area (Å²) in [5, 5.41) is 4.25. The van der Waals surface area contributed by atoms with Gasteiger partial charge in [-0.2, -0.15) is 13.2 Å². The van der Waals surface area contributed by atoms with Crippen LogP contribution in [0.25, 0.3) is 0 Å². The Kier molecular flexibility index (Phi) is 7.41. The molecule has 0 unspecified atom stereocenters. The maximum atomic E-state index is 12.7. The molecule has 2 aromatic rings. The summed E-state index contributed by atoms with van der Waals surface area (Å²) >= 11 is 0. The summed E-state index contributed by atoms with van der Waals surface area (Å²) in [4.78, 5) is 21.9. The minimum atomic E-state index is -4.36. The van der Waals surface area contributed by atoms with Crippen molar-refractivity contribution in [3.63, 3.8) is 0 Å². The van der Waals surface area contributed by atoms with Gasteiger partial charge in [-0.1, -0.05) is 17.3 Å². The first-order valence-corrected chi connectivity index (χ1v) is 11.4. The molecule has 1 heterocycles. The number of ether oxygens (including phenoxy) is 1. The highest BCUT2D eigenvalue weighted by molar-refractivity contribution is 6.02. The van der Waals surface area contributed by atoms with E-state index in [0.717, 1.165) is 74.4 Å². The van der Waals surface area contributed by atoms with E-state index >= 15 is 0 Å². The summed E-state index contributed by atoms with van der Waals surface area (Å²) in [6.07, 6.45) is -1.83. The van der Waals surface area contributed by atoms with Crippen LogP contribution in [0, 0.1) is 0 Å². The average molecular weight is 476 g/mol. The van der Waals surface area contributed by atoms with E-state index in [4.69, 9.17) is 9.57 Å². The number of oxime groups is 1. The highest BCUT2D eigenvalue weighted by Gasteiger charge is 2.30. The molecule has 1 fully saturated rings. The van der Waals surface area contributed by atoms with Crippen LogP contribution in [-0.4, -0.2) is 61.3 Å². The van der Waals surface area contributed by atoms with Crippen molar-refractivity contribution in [1.82, 2.24) is 9.80 Å². The predicted molar refractivity (Wildman–Crippen MR) is 122 cm³/mol. The van der Waals surface area contributed by atoms with Gasteiger partial charge in [-0.05, 0) is 67.8 Å². The highest BCUT2D eigenvalue weighted by Crippen LogP contribution is 2.29. The van der Waals surface area contributed by atoms with E-state index in [9.17, 15) is 18.0 Å². The summed E-state index contributed by atoms with van der Waals surface area (Å²) < 4.78 is 43.8. The minimum Gasteiger partial charge on any atom is -0.484 e. The Hall–Kier alpha value is -3.07. The number of nitrogens with zero attached hydrogens (tertiary/aromatic N) is 3. The van der Waals surface area contributed by atoms with Crippen molar-refractivity contribution < 1.29 is 27.5 Å². The van der Waals surface area contributed by atoms with Crippen LogP contribution in [0.4, 0.5) is 13.2 Å². The van der Waals surface area contributed by atoms with Crippen LogP contribution in [0.15, 0.2) is 47.6 Å². The summed E-state index contributed by atoms with van der Waals surface area (Å²) in [6, 6.07) is 10.6. The molecule has 2 aliphatic rings. The molecular formula is C25H28F3N3O3. The molecule has 6 nitrogen and oxygen atoms in total. The number of hydrogen-bond donors (Lipinski definition) is 0. The van der Waals surface area contributed by atoms with Crippen LogP contribution in [0.5, 0.6) is 5.75 Å². The number of likely N-dealkylation sites (N-methyl/N-ethyl adjacent to an activating group) is 1. The monoisotopic (exact) mass is 475 g/mol. The molecule has 0 atom stereocenters. The lowest BCUT2D eigenvalue weighted by Crippen LogP contribution is -2.48. The van der Waals surface area contributed by atoms with Crippen molar-refractivity contribution in [3.05, 3.63) is 64.7 Å². The molecular weight excluding hydrogens is 447 g/mol. The first-order valence-electron chi connectivity index (χ1n) is 11.4. The second-order valence-corrected chi connectivity index (χ2v) is 8.65. The van der Waals surface area contributed by atoms with Gasteiger partial charge in [-0.3, -0.25) is 4.79 Å². The quantitative estimate of drug-likeness (QED) is 0.590. The molecule has 1 aliphatic carbocycles. The number of piperazine rings is 1. The predicted octanol–water partition coefficient (Wildman–Crippen LogP) is 4.12. The lowest BCUT2D eigenvalue weighted by molar-refractivity contribution is -0.137. The molecule has 1 aliphatic heterocycles. The van der Waals surface area contributed by atoms with Crippen LogP contribution in [-0.2, 0) is 28.8 Å². The first-order chi connectivity index (χ1) is 16.3. The fraction of sp³-hybridized carbons (Fsp3) is 0.440. The van der Waals surface area contributed by atoms with Gasteiger partial charge >= 0.3 is 6.18 Å². The van der Waals surface area contributed by atoms with Crippen LogP contribution >= 0.6 is 0 Å². The minimum absolute atomic E-state index is 0.00950. The standard InChI is InChI=1S/C25H28F3N3O3/c1-30-11-13-31(14-12-30)24(32)17-33-21-9-10-22-19(15-21)3-2-4-23(22)29-34-16-18-5-7-20(8-6-18)25(26,27)28/h5-10,15H,2-4,11-14,16-17H2,1H3/b29-23-. The maximum Gasteiger partial charge on any atom is 0.416 e. The van der Waals surface area contributed by atoms with Gasteiger partial charge in [0.15, 0.2) is 6.61 Å². The molecule has 0 saturated carbocycles. The van der Waals surface area contributed by atoms with Crippen LogP contribution in [0.1, 0.15) is 35.1 Å². The van der Waals surface area contributed by atoms with Crippen LogP contribution < -0.4 is 4.74 Å². The SMILES string of the molecule is CN1CCN(C(=O)COc2ccc3c(c2)CCC/C3=N/OCc2ccc(C(F)(F)F)cc2)CC1. The van der Waals surface area contributed by atoms with Gasteiger partial charge in [0.25, 0.3) is 5.91 Å².